The molecule has 0 aliphatic rings. The summed E-state index contributed by atoms with van der Waals surface area (Å²) in [5, 5.41) is 0.745. The van der Waals surface area contributed by atoms with E-state index >= 15 is 0 Å². The molecule has 2 rings (SSSR count). The largest absolute Gasteiger partial charge is 0.488 e. The van der Waals surface area contributed by atoms with Crippen LogP contribution in [0.2, 0.25) is 0 Å². The monoisotopic (exact) mass is 464 g/mol. The second kappa shape index (κ2) is 7.89. The number of benzene rings is 2. The molecular weight excluding hydrogens is 453 g/mol. The lowest BCUT2D eigenvalue weighted by Crippen LogP contribution is -1.99. The van der Waals surface area contributed by atoms with Gasteiger partial charge in [0.15, 0.2) is 0 Å². The van der Waals surface area contributed by atoms with Crippen molar-refractivity contribution in [3.05, 3.63) is 71.3 Å². The normalized spacial score (nSPS) is 11.5. The van der Waals surface area contributed by atoms with Crippen LogP contribution in [0, 0.1) is 11.6 Å². The molecule has 0 atom stereocenters. The predicted molar refractivity (Wildman–Crippen MR) is 92.9 cm³/mol. The SMILES string of the molecule is Fc1cc(F)cc(COc2ccccc2C(I)=CCBr)c1. The van der Waals surface area contributed by atoms with Gasteiger partial charge in [-0.3, -0.25) is 0 Å². The molecule has 2 aromatic carbocycles. The molecule has 21 heavy (non-hydrogen) atoms. The molecule has 0 spiro atoms. The summed E-state index contributed by atoms with van der Waals surface area (Å²) in [5.74, 6) is -0.518. The number of ether oxygens (including phenoxy) is 1. The van der Waals surface area contributed by atoms with Crippen molar-refractivity contribution in [2.45, 2.75) is 6.61 Å². The molecule has 0 heterocycles. The number of hydrogen-bond donors (Lipinski definition) is 0. The average molecular weight is 465 g/mol. The van der Waals surface area contributed by atoms with Crippen LogP contribution in [0.3, 0.4) is 0 Å². The summed E-state index contributed by atoms with van der Waals surface area (Å²) in [4.78, 5) is 0. The van der Waals surface area contributed by atoms with E-state index in [-0.39, 0.29) is 6.61 Å². The van der Waals surface area contributed by atoms with Gasteiger partial charge in [0.1, 0.15) is 24.0 Å². The van der Waals surface area contributed by atoms with Crippen molar-refractivity contribution in [2.24, 2.45) is 0 Å². The molecule has 0 unspecified atom stereocenters. The van der Waals surface area contributed by atoms with E-state index in [1.54, 1.807) is 0 Å². The average Bonchev–Trinajstić information content (AvgIpc) is 2.45. The Kier molecular flexibility index (Phi) is 6.17. The zero-order chi connectivity index (χ0) is 15.2. The molecule has 0 aromatic heterocycles. The standard InChI is InChI=1S/C16H12BrF2IO/c17-6-5-15(20)14-3-1-2-4-16(14)21-10-11-7-12(18)9-13(19)8-11/h1-5,7-9H,6,10H2. The fourth-order valence-corrected chi connectivity index (χ4v) is 3.42. The first-order chi connectivity index (χ1) is 10.1. The van der Waals surface area contributed by atoms with E-state index in [0.717, 1.165) is 20.5 Å². The smallest absolute Gasteiger partial charge is 0.128 e. The minimum Gasteiger partial charge on any atom is -0.488 e. The summed E-state index contributed by atoms with van der Waals surface area (Å²) in [6.45, 7) is 0.115. The molecule has 2 aromatic rings. The highest BCUT2D eigenvalue weighted by atomic mass is 127. The van der Waals surface area contributed by atoms with E-state index in [4.69, 9.17) is 4.74 Å². The van der Waals surface area contributed by atoms with Crippen molar-refractivity contribution in [1.82, 2.24) is 0 Å². The summed E-state index contributed by atoms with van der Waals surface area (Å²) in [6.07, 6.45) is 2.02. The van der Waals surface area contributed by atoms with Gasteiger partial charge in [0, 0.05) is 20.5 Å². The van der Waals surface area contributed by atoms with E-state index in [1.807, 2.05) is 30.3 Å². The molecule has 5 heteroatoms. The van der Waals surface area contributed by atoms with E-state index < -0.39 is 11.6 Å². The summed E-state index contributed by atoms with van der Waals surface area (Å²) in [7, 11) is 0. The van der Waals surface area contributed by atoms with Gasteiger partial charge in [-0.2, -0.15) is 0 Å². The number of para-hydroxylation sites is 1. The van der Waals surface area contributed by atoms with Gasteiger partial charge in [-0.15, -0.1) is 0 Å². The Labute approximate surface area is 144 Å². The van der Waals surface area contributed by atoms with Gasteiger partial charge in [0.2, 0.25) is 0 Å². The minimum atomic E-state index is -0.601. The van der Waals surface area contributed by atoms with Crippen LogP contribution >= 0.6 is 38.5 Å². The maximum Gasteiger partial charge on any atom is 0.128 e. The summed E-state index contributed by atoms with van der Waals surface area (Å²) >= 11 is 5.59. The van der Waals surface area contributed by atoms with Crippen molar-refractivity contribution in [1.29, 1.82) is 0 Å². The predicted octanol–water partition coefficient (Wildman–Crippen LogP) is 5.71. The highest BCUT2D eigenvalue weighted by Gasteiger charge is 2.07. The molecule has 0 aliphatic carbocycles. The van der Waals surface area contributed by atoms with Gasteiger partial charge in [-0.05, 0) is 46.4 Å². The minimum absolute atomic E-state index is 0.115. The second-order valence-corrected chi connectivity index (χ2v) is 6.08. The Morgan fingerprint density at radius 2 is 1.81 bits per heavy atom. The first-order valence-corrected chi connectivity index (χ1v) is 8.39. The fourth-order valence-electron chi connectivity index (χ4n) is 1.82. The zero-order valence-electron chi connectivity index (χ0n) is 11.0. The van der Waals surface area contributed by atoms with Crippen LogP contribution in [0.4, 0.5) is 8.78 Å². The van der Waals surface area contributed by atoms with Gasteiger partial charge in [-0.1, -0.05) is 40.2 Å². The number of allylic oxidation sites excluding steroid dienone is 1. The summed E-state index contributed by atoms with van der Waals surface area (Å²) < 4.78 is 33.1. The van der Waals surface area contributed by atoms with E-state index in [0.29, 0.717) is 11.3 Å². The maximum atomic E-state index is 13.2. The highest BCUT2D eigenvalue weighted by Crippen LogP contribution is 2.31. The van der Waals surface area contributed by atoms with Crippen molar-refractivity contribution >= 4 is 42.1 Å². The number of rotatable bonds is 5. The van der Waals surface area contributed by atoms with E-state index in [9.17, 15) is 8.78 Å². The highest BCUT2D eigenvalue weighted by molar-refractivity contribution is 14.1. The van der Waals surface area contributed by atoms with E-state index in [2.05, 4.69) is 38.5 Å². The molecule has 0 fully saturated rings. The topological polar surface area (TPSA) is 9.23 Å². The Bertz CT molecular complexity index is 638. The lowest BCUT2D eigenvalue weighted by molar-refractivity contribution is 0.304. The van der Waals surface area contributed by atoms with Crippen LogP contribution in [0.5, 0.6) is 5.75 Å². The van der Waals surface area contributed by atoms with Gasteiger partial charge < -0.3 is 4.74 Å². The van der Waals surface area contributed by atoms with Crippen molar-refractivity contribution in [3.8, 4) is 5.75 Å². The van der Waals surface area contributed by atoms with Crippen LogP contribution in [0.25, 0.3) is 3.58 Å². The second-order valence-electron chi connectivity index (χ2n) is 4.27. The van der Waals surface area contributed by atoms with Crippen LogP contribution in [-0.4, -0.2) is 5.33 Å². The van der Waals surface area contributed by atoms with Crippen molar-refractivity contribution in [2.75, 3.05) is 5.33 Å². The third-order valence-corrected chi connectivity index (χ3v) is 4.06. The lowest BCUT2D eigenvalue weighted by atomic mass is 10.2. The maximum absolute atomic E-state index is 13.2. The number of alkyl halides is 1. The zero-order valence-corrected chi connectivity index (χ0v) is 14.7. The number of hydrogen-bond acceptors (Lipinski definition) is 1. The van der Waals surface area contributed by atoms with Crippen molar-refractivity contribution < 1.29 is 13.5 Å². The Hall–Kier alpha value is -0.950. The Morgan fingerprint density at radius 1 is 1.14 bits per heavy atom. The van der Waals surface area contributed by atoms with Gasteiger partial charge >= 0.3 is 0 Å². The third kappa shape index (κ3) is 4.78. The molecule has 1 nitrogen and oxygen atoms in total. The molecular formula is C16H12BrF2IO. The Balaban J connectivity index is 2.18. The molecule has 0 saturated heterocycles. The first-order valence-electron chi connectivity index (χ1n) is 6.19. The molecule has 0 amide bonds. The Morgan fingerprint density at radius 3 is 2.48 bits per heavy atom. The van der Waals surface area contributed by atoms with E-state index in [1.165, 1.54) is 12.1 Å². The third-order valence-electron chi connectivity index (χ3n) is 2.72. The summed E-state index contributed by atoms with van der Waals surface area (Å²) in [5.41, 5.74) is 1.41. The quantitative estimate of drug-likeness (QED) is 0.406. The van der Waals surface area contributed by atoms with Crippen LogP contribution in [-0.2, 0) is 6.61 Å². The summed E-state index contributed by atoms with van der Waals surface area (Å²) in [6, 6.07) is 11.0. The fraction of sp³-hybridized carbons (Fsp3) is 0.125. The van der Waals surface area contributed by atoms with Gasteiger partial charge in [-0.25, -0.2) is 8.78 Å². The molecule has 110 valence electrons. The molecule has 0 N–H and O–H groups in total. The molecule has 0 radical (unpaired) electrons. The van der Waals surface area contributed by atoms with Crippen LogP contribution in [0.15, 0.2) is 48.5 Å². The van der Waals surface area contributed by atoms with Gasteiger partial charge in [0.05, 0.1) is 0 Å². The number of halogens is 4. The van der Waals surface area contributed by atoms with Crippen LogP contribution in [0.1, 0.15) is 11.1 Å². The first kappa shape index (κ1) is 16.4. The van der Waals surface area contributed by atoms with Gasteiger partial charge in [0.25, 0.3) is 0 Å². The molecule has 0 saturated carbocycles. The van der Waals surface area contributed by atoms with Crippen molar-refractivity contribution in [3.63, 3.8) is 0 Å². The lowest BCUT2D eigenvalue weighted by Gasteiger charge is -2.11. The van der Waals surface area contributed by atoms with Crippen LogP contribution < -0.4 is 4.74 Å². The molecule has 0 bridgehead atoms. The molecule has 0 aliphatic heterocycles.